The number of thiazole rings is 1. The summed E-state index contributed by atoms with van der Waals surface area (Å²) in [6.07, 6.45) is 3.70. The Hall–Kier alpha value is -3.46. The molecule has 0 unspecified atom stereocenters. The quantitative estimate of drug-likeness (QED) is 0.393. The molecule has 1 aliphatic heterocycles. The fourth-order valence-corrected chi connectivity index (χ4v) is 5.40. The standard InChI is InChI=1S/C25H26FN5O2S/c1-3-20-23(29(2)24-28-21(15-34-24)17-4-7-19(26)8-5-17)31-14-18(6-9-22(31)27-20)16-10-12-30(13-11-16)25(32)33/h4-9,14-16H,3,10-13H2,1-2H3,(H,32,33). The molecular formula is C25H26FN5O2S. The smallest absolute Gasteiger partial charge is 0.407 e. The predicted octanol–water partition coefficient (Wildman–Crippen LogP) is 5.78. The molecule has 0 radical (unpaired) electrons. The van der Waals surface area contributed by atoms with E-state index in [1.807, 2.05) is 18.5 Å². The van der Waals surface area contributed by atoms with Crippen molar-refractivity contribution in [3.05, 3.63) is 65.0 Å². The highest BCUT2D eigenvalue weighted by Crippen LogP contribution is 2.35. The first kappa shape index (κ1) is 22.3. The van der Waals surface area contributed by atoms with Gasteiger partial charge in [-0.15, -0.1) is 11.3 Å². The van der Waals surface area contributed by atoms with Crippen LogP contribution in [0.25, 0.3) is 16.9 Å². The number of carbonyl (C=O) groups is 1. The van der Waals surface area contributed by atoms with Crippen LogP contribution >= 0.6 is 11.3 Å². The highest BCUT2D eigenvalue weighted by atomic mass is 32.1. The molecule has 0 bridgehead atoms. The summed E-state index contributed by atoms with van der Waals surface area (Å²) in [4.78, 5) is 24.5. The van der Waals surface area contributed by atoms with E-state index in [-0.39, 0.29) is 5.82 Å². The Kier molecular flexibility index (Phi) is 5.95. The molecule has 176 valence electrons. The summed E-state index contributed by atoms with van der Waals surface area (Å²) in [6.45, 7) is 3.20. The van der Waals surface area contributed by atoms with Gasteiger partial charge >= 0.3 is 6.09 Å². The monoisotopic (exact) mass is 479 g/mol. The van der Waals surface area contributed by atoms with Crippen LogP contribution in [-0.2, 0) is 6.42 Å². The van der Waals surface area contributed by atoms with Gasteiger partial charge in [0.25, 0.3) is 0 Å². The van der Waals surface area contributed by atoms with Crippen LogP contribution in [0.2, 0.25) is 0 Å². The average molecular weight is 480 g/mol. The van der Waals surface area contributed by atoms with E-state index in [1.54, 1.807) is 12.1 Å². The zero-order valence-electron chi connectivity index (χ0n) is 19.1. The van der Waals surface area contributed by atoms with Crippen molar-refractivity contribution < 1.29 is 14.3 Å². The Bertz CT molecular complexity index is 1330. The second-order valence-corrected chi connectivity index (χ2v) is 9.39. The molecule has 0 saturated carbocycles. The Morgan fingerprint density at radius 2 is 1.91 bits per heavy atom. The number of hydrogen-bond donors (Lipinski definition) is 1. The van der Waals surface area contributed by atoms with E-state index in [0.717, 1.165) is 52.8 Å². The zero-order valence-corrected chi connectivity index (χ0v) is 19.9. The van der Waals surface area contributed by atoms with Crippen LogP contribution in [0.5, 0.6) is 0 Å². The molecule has 1 N–H and O–H groups in total. The number of aryl methyl sites for hydroxylation is 1. The molecule has 1 aliphatic rings. The highest BCUT2D eigenvalue weighted by Gasteiger charge is 2.25. The zero-order chi connectivity index (χ0) is 23.8. The van der Waals surface area contributed by atoms with Gasteiger partial charge < -0.3 is 14.9 Å². The maximum atomic E-state index is 13.3. The number of anilines is 2. The van der Waals surface area contributed by atoms with Crippen molar-refractivity contribution in [3.63, 3.8) is 0 Å². The Labute approximate surface area is 201 Å². The number of pyridine rings is 1. The first-order valence-corrected chi connectivity index (χ1v) is 12.3. The number of fused-ring (bicyclic) bond motifs is 1. The minimum absolute atomic E-state index is 0.265. The van der Waals surface area contributed by atoms with E-state index < -0.39 is 6.09 Å². The van der Waals surface area contributed by atoms with E-state index in [1.165, 1.54) is 33.9 Å². The van der Waals surface area contributed by atoms with Gasteiger partial charge in [-0.05, 0) is 61.1 Å². The molecular weight excluding hydrogens is 453 g/mol. The largest absolute Gasteiger partial charge is 0.465 e. The van der Waals surface area contributed by atoms with E-state index in [0.29, 0.717) is 19.0 Å². The van der Waals surface area contributed by atoms with E-state index in [2.05, 4.69) is 28.5 Å². The topological polar surface area (TPSA) is 74.0 Å². The summed E-state index contributed by atoms with van der Waals surface area (Å²) in [5.41, 5.74) is 4.74. The lowest BCUT2D eigenvalue weighted by Gasteiger charge is -2.30. The second-order valence-electron chi connectivity index (χ2n) is 8.55. The van der Waals surface area contributed by atoms with Gasteiger partial charge in [0.1, 0.15) is 17.3 Å². The first-order chi connectivity index (χ1) is 16.4. The number of piperidine rings is 1. The molecule has 34 heavy (non-hydrogen) atoms. The van der Waals surface area contributed by atoms with Crippen LogP contribution in [0.1, 0.15) is 36.9 Å². The van der Waals surface area contributed by atoms with Crippen LogP contribution in [0, 0.1) is 5.82 Å². The Balaban J connectivity index is 1.47. The van der Waals surface area contributed by atoms with Gasteiger partial charge in [-0.1, -0.05) is 13.0 Å². The number of carboxylic acid groups (broad SMARTS) is 1. The molecule has 1 fully saturated rings. The van der Waals surface area contributed by atoms with Gasteiger partial charge in [0.15, 0.2) is 5.13 Å². The predicted molar refractivity (Wildman–Crippen MR) is 132 cm³/mol. The molecule has 1 aromatic carbocycles. The second kappa shape index (κ2) is 9.06. The molecule has 4 heterocycles. The number of aromatic nitrogens is 3. The van der Waals surface area contributed by atoms with Crippen molar-refractivity contribution in [2.75, 3.05) is 25.0 Å². The van der Waals surface area contributed by atoms with E-state index in [9.17, 15) is 14.3 Å². The van der Waals surface area contributed by atoms with Gasteiger partial charge in [0.2, 0.25) is 0 Å². The van der Waals surface area contributed by atoms with Crippen molar-refractivity contribution in [1.82, 2.24) is 19.3 Å². The fourth-order valence-electron chi connectivity index (χ4n) is 4.60. The minimum Gasteiger partial charge on any atom is -0.465 e. The van der Waals surface area contributed by atoms with Gasteiger partial charge in [-0.2, -0.15) is 0 Å². The number of halogens is 1. The van der Waals surface area contributed by atoms with E-state index in [4.69, 9.17) is 9.97 Å². The molecule has 0 atom stereocenters. The molecule has 3 aromatic heterocycles. The SMILES string of the molecule is CCc1nc2ccc(C3CCN(C(=O)O)CC3)cn2c1N(C)c1nc(-c2ccc(F)cc2)cs1. The van der Waals surface area contributed by atoms with Crippen molar-refractivity contribution in [3.8, 4) is 11.3 Å². The van der Waals surface area contributed by atoms with Gasteiger partial charge in [0, 0.05) is 37.3 Å². The minimum atomic E-state index is -0.844. The molecule has 4 aromatic rings. The number of imidazole rings is 1. The third-order valence-electron chi connectivity index (χ3n) is 6.49. The molecule has 5 rings (SSSR count). The molecule has 7 nitrogen and oxygen atoms in total. The van der Waals surface area contributed by atoms with Gasteiger partial charge in [-0.25, -0.2) is 19.2 Å². The molecule has 1 saturated heterocycles. The summed E-state index contributed by atoms with van der Waals surface area (Å²) in [6, 6.07) is 10.5. The number of amides is 1. The number of hydrogen-bond acceptors (Lipinski definition) is 5. The van der Waals surface area contributed by atoms with Crippen molar-refractivity contribution in [1.29, 1.82) is 0 Å². The van der Waals surface area contributed by atoms with Crippen molar-refractivity contribution >= 4 is 34.0 Å². The fraction of sp³-hybridized carbons (Fsp3) is 0.320. The number of likely N-dealkylation sites (tertiary alicyclic amines) is 1. The summed E-state index contributed by atoms with van der Waals surface area (Å²) in [7, 11) is 1.99. The van der Waals surface area contributed by atoms with Gasteiger partial charge in [0.05, 0.1) is 11.4 Å². The maximum Gasteiger partial charge on any atom is 0.407 e. The van der Waals surface area contributed by atoms with Gasteiger partial charge in [-0.3, -0.25) is 4.40 Å². The maximum absolute atomic E-state index is 13.3. The third-order valence-corrected chi connectivity index (χ3v) is 7.41. The average Bonchev–Trinajstić information content (AvgIpc) is 3.49. The Morgan fingerprint density at radius 3 is 2.59 bits per heavy atom. The molecule has 0 spiro atoms. The van der Waals surface area contributed by atoms with Crippen LogP contribution < -0.4 is 4.90 Å². The van der Waals surface area contributed by atoms with Crippen LogP contribution in [-0.4, -0.2) is 50.6 Å². The Morgan fingerprint density at radius 1 is 1.18 bits per heavy atom. The highest BCUT2D eigenvalue weighted by molar-refractivity contribution is 7.14. The molecule has 0 aliphatic carbocycles. The summed E-state index contributed by atoms with van der Waals surface area (Å²) in [5.74, 6) is 1.02. The normalized spacial score (nSPS) is 14.6. The first-order valence-electron chi connectivity index (χ1n) is 11.4. The van der Waals surface area contributed by atoms with Crippen LogP contribution in [0.3, 0.4) is 0 Å². The lowest BCUT2D eigenvalue weighted by Crippen LogP contribution is -2.36. The lowest BCUT2D eigenvalue weighted by atomic mass is 9.90. The molecule has 1 amide bonds. The van der Waals surface area contributed by atoms with E-state index >= 15 is 0 Å². The number of nitrogens with zero attached hydrogens (tertiary/aromatic N) is 5. The van der Waals surface area contributed by atoms with Crippen molar-refractivity contribution in [2.24, 2.45) is 0 Å². The number of rotatable bonds is 5. The van der Waals surface area contributed by atoms with Crippen LogP contribution in [0.4, 0.5) is 20.1 Å². The summed E-state index contributed by atoms with van der Waals surface area (Å²) >= 11 is 1.54. The summed E-state index contributed by atoms with van der Waals surface area (Å²) in [5, 5.41) is 12.1. The lowest BCUT2D eigenvalue weighted by molar-refractivity contribution is 0.132. The third kappa shape index (κ3) is 4.11. The van der Waals surface area contributed by atoms with Crippen molar-refractivity contribution in [2.45, 2.75) is 32.1 Å². The summed E-state index contributed by atoms with van der Waals surface area (Å²) < 4.78 is 15.4. The number of benzene rings is 1. The van der Waals surface area contributed by atoms with Crippen LogP contribution in [0.15, 0.2) is 48.0 Å². The molecule has 9 heteroatoms.